The second-order valence-electron chi connectivity index (χ2n) is 6.38. The van der Waals surface area contributed by atoms with Crippen molar-refractivity contribution in [2.45, 2.75) is 26.0 Å². The lowest BCUT2D eigenvalue weighted by molar-refractivity contribution is 0.0940. The summed E-state index contributed by atoms with van der Waals surface area (Å²) in [5.74, 6) is 0.483. The van der Waals surface area contributed by atoms with Gasteiger partial charge in [-0.05, 0) is 37.1 Å². The molecule has 0 radical (unpaired) electrons. The third kappa shape index (κ3) is 4.82. The third-order valence-electron chi connectivity index (χ3n) is 4.15. The SMILES string of the molecule is Cc1cccc(COc2cccc(C(=O)NC3CCS(=O)(=O)C3)c2)c1. The summed E-state index contributed by atoms with van der Waals surface area (Å²) in [6.07, 6.45) is 0.470. The molecule has 0 saturated carbocycles. The number of amides is 1. The molecule has 1 fully saturated rings. The Morgan fingerprint density at radius 1 is 1.20 bits per heavy atom. The lowest BCUT2D eigenvalue weighted by atomic mass is 10.1. The summed E-state index contributed by atoms with van der Waals surface area (Å²) in [5.41, 5.74) is 2.69. The highest BCUT2D eigenvalue weighted by molar-refractivity contribution is 7.91. The number of carbonyl (C=O) groups excluding carboxylic acids is 1. The van der Waals surface area contributed by atoms with Gasteiger partial charge in [-0.2, -0.15) is 0 Å². The van der Waals surface area contributed by atoms with Crippen molar-refractivity contribution in [2.75, 3.05) is 11.5 Å². The molecule has 3 rings (SSSR count). The predicted molar refractivity (Wildman–Crippen MR) is 96.5 cm³/mol. The Morgan fingerprint density at radius 3 is 2.72 bits per heavy atom. The average molecular weight is 359 g/mol. The van der Waals surface area contributed by atoms with E-state index < -0.39 is 9.84 Å². The molecule has 1 heterocycles. The Kier molecular flexibility index (Phi) is 5.08. The molecule has 1 N–H and O–H groups in total. The van der Waals surface area contributed by atoms with Crippen LogP contribution in [-0.2, 0) is 16.4 Å². The van der Waals surface area contributed by atoms with Crippen molar-refractivity contribution in [2.24, 2.45) is 0 Å². The van der Waals surface area contributed by atoms with Crippen LogP contribution in [0.3, 0.4) is 0 Å². The van der Waals surface area contributed by atoms with Crippen LogP contribution in [0.1, 0.15) is 27.9 Å². The van der Waals surface area contributed by atoms with Gasteiger partial charge in [0, 0.05) is 11.6 Å². The monoisotopic (exact) mass is 359 g/mol. The second kappa shape index (κ2) is 7.27. The Labute approximate surface area is 147 Å². The highest BCUT2D eigenvalue weighted by Gasteiger charge is 2.29. The van der Waals surface area contributed by atoms with E-state index in [-0.39, 0.29) is 23.5 Å². The van der Waals surface area contributed by atoms with E-state index in [4.69, 9.17) is 4.74 Å². The number of carbonyl (C=O) groups is 1. The summed E-state index contributed by atoms with van der Waals surface area (Å²) < 4.78 is 28.7. The molecular weight excluding hydrogens is 338 g/mol. The molecule has 0 spiro atoms. The van der Waals surface area contributed by atoms with Gasteiger partial charge in [0.2, 0.25) is 0 Å². The van der Waals surface area contributed by atoms with Gasteiger partial charge < -0.3 is 10.1 Å². The van der Waals surface area contributed by atoms with E-state index in [1.807, 2.05) is 25.1 Å². The average Bonchev–Trinajstić information content (AvgIpc) is 2.92. The van der Waals surface area contributed by atoms with Gasteiger partial charge in [-0.3, -0.25) is 4.79 Å². The summed E-state index contributed by atoms with van der Waals surface area (Å²) in [5, 5.41) is 2.79. The number of ether oxygens (including phenoxy) is 1. The van der Waals surface area contributed by atoms with Gasteiger partial charge in [0.05, 0.1) is 11.5 Å². The van der Waals surface area contributed by atoms with Crippen molar-refractivity contribution < 1.29 is 17.9 Å². The molecule has 0 aromatic heterocycles. The molecule has 2 aromatic rings. The number of sulfone groups is 1. The fraction of sp³-hybridized carbons (Fsp3) is 0.316. The summed E-state index contributed by atoms with van der Waals surface area (Å²) in [6.45, 7) is 2.45. The quantitative estimate of drug-likeness (QED) is 0.890. The first kappa shape index (κ1) is 17.5. The molecule has 1 atom stereocenters. The van der Waals surface area contributed by atoms with Crippen LogP contribution >= 0.6 is 0 Å². The van der Waals surface area contributed by atoms with E-state index >= 15 is 0 Å². The van der Waals surface area contributed by atoms with Gasteiger partial charge in [-0.1, -0.05) is 35.9 Å². The number of benzene rings is 2. The maximum Gasteiger partial charge on any atom is 0.251 e. The van der Waals surface area contributed by atoms with Crippen LogP contribution < -0.4 is 10.1 Å². The highest BCUT2D eigenvalue weighted by Crippen LogP contribution is 2.17. The molecule has 1 unspecified atom stereocenters. The molecule has 25 heavy (non-hydrogen) atoms. The van der Waals surface area contributed by atoms with Gasteiger partial charge in [0.1, 0.15) is 12.4 Å². The maximum absolute atomic E-state index is 12.3. The first-order valence-corrected chi connectivity index (χ1v) is 10.0. The van der Waals surface area contributed by atoms with Crippen LogP contribution in [0.15, 0.2) is 48.5 Å². The Balaban J connectivity index is 1.62. The summed E-state index contributed by atoms with van der Waals surface area (Å²) in [7, 11) is -3.01. The number of hydrogen-bond acceptors (Lipinski definition) is 4. The van der Waals surface area contributed by atoms with Crippen molar-refractivity contribution >= 4 is 15.7 Å². The lowest BCUT2D eigenvalue weighted by Crippen LogP contribution is -2.35. The minimum absolute atomic E-state index is 0.0162. The number of aryl methyl sites for hydroxylation is 1. The van der Waals surface area contributed by atoms with Crippen molar-refractivity contribution in [3.63, 3.8) is 0 Å². The Bertz CT molecular complexity index is 876. The summed E-state index contributed by atoms with van der Waals surface area (Å²) >= 11 is 0. The van der Waals surface area contributed by atoms with E-state index in [1.165, 1.54) is 5.56 Å². The van der Waals surface area contributed by atoms with Gasteiger partial charge in [0.25, 0.3) is 5.91 Å². The summed E-state index contributed by atoms with van der Waals surface area (Å²) in [4.78, 5) is 12.3. The maximum atomic E-state index is 12.3. The molecule has 5 nitrogen and oxygen atoms in total. The van der Waals surface area contributed by atoms with Crippen molar-refractivity contribution in [1.29, 1.82) is 0 Å². The normalized spacial score (nSPS) is 18.7. The second-order valence-corrected chi connectivity index (χ2v) is 8.61. The predicted octanol–water partition coefficient (Wildman–Crippen LogP) is 2.49. The molecule has 1 aliphatic heterocycles. The number of hydrogen-bond donors (Lipinski definition) is 1. The standard InChI is InChI=1S/C19H21NO4S/c1-14-4-2-5-15(10-14)12-24-18-7-3-6-16(11-18)19(21)20-17-8-9-25(22,23)13-17/h2-7,10-11,17H,8-9,12-13H2,1H3,(H,20,21). The first-order chi connectivity index (χ1) is 11.9. The van der Waals surface area contributed by atoms with Gasteiger partial charge in [-0.25, -0.2) is 8.42 Å². The molecule has 1 saturated heterocycles. The Morgan fingerprint density at radius 2 is 2.00 bits per heavy atom. The molecule has 6 heteroatoms. The zero-order valence-corrected chi connectivity index (χ0v) is 14.9. The fourth-order valence-corrected chi connectivity index (χ4v) is 4.55. The number of nitrogens with one attached hydrogen (secondary N) is 1. The van der Waals surface area contributed by atoms with Crippen molar-refractivity contribution in [1.82, 2.24) is 5.32 Å². The molecule has 1 amide bonds. The first-order valence-electron chi connectivity index (χ1n) is 8.21. The Hall–Kier alpha value is -2.34. The van der Waals surface area contributed by atoms with Crippen LogP contribution in [0.2, 0.25) is 0 Å². The van der Waals surface area contributed by atoms with Crippen molar-refractivity contribution in [3.05, 3.63) is 65.2 Å². The largest absolute Gasteiger partial charge is 0.489 e. The fourth-order valence-electron chi connectivity index (χ4n) is 2.87. The van der Waals surface area contributed by atoms with Crippen LogP contribution in [0, 0.1) is 6.92 Å². The van der Waals surface area contributed by atoms with E-state index in [9.17, 15) is 13.2 Å². The minimum Gasteiger partial charge on any atom is -0.489 e. The zero-order chi connectivity index (χ0) is 17.9. The van der Waals surface area contributed by atoms with Crippen LogP contribution in [0.25, 0.3) is 0 Å². The van der Waals surface area contributed by atoms with E-state index in [1.54, 1.807) is 24.3 Å². The van der Waals surface area contributed by atoms with E-state index in [0.29, 0.717) is 24.3 Å². The molecule has 2 aromatic carbocycles. The minimum atomic E-state index is -3.01. The molecule has 1 aliphatic rings. The summed E-state index contributed by atoms with van der Waals surface area (Å²) in [6, 6.07) is 14.7. The molecule has 0 bridgehead atoms. The molecule has 0 aliphatic carbocycles. The van der Waals surface area contributed by atoms with Gasteiger partial charge in [-0.15, -0.1) is 0 Å². The smallest absolute Gasteiger partial charge is 0.251 e. The van der Waals surface area contributed by atoms with Gasteiger partial charge >= 0.3 is 0 Å². The van der Waals surface area contributed by atoms with E-state index in [2.05, 4.69) is 11.4 Å². The molecule has 132 valence electrons. The third-order valence-corrected chi connectivity index (χ3v) is 5.92. The van der Waals surface area contributed by atoms with Gasteiger partial charge in [0.15, 0.2) is 9.84 Å². The van der Waals surface area contributed by atoms with Crippen LogP contribution in [0.4, 0.5) is 0 Å². The lowest BCUT2D eigenvalue weighted by Gasteiger charge is -2.12. The zero-order valence-electron chi connectivity index (χ0n) is 14.1. The number of rotatable bonds is 5. The van der Waals surface area contributed by atoms with Crippen LogP contribution in [0.5, 0.6) is 5.75 Å². The van der Waals surface area contributed by atoms with Crippen LogP contribution in [-0.4, -0.2) is 31.9 Å². The topological polar surface area (TPSA) is 72.5 Å². The highest BCUT2D eigenvalue weighted by atomic mass is 32.2. The van der Waals surface area contributed by atoms with Crippen molar-refractivity contribution in [3.8, 4) is 5.75 Å². The molecular formula is C19H21NO4S. The van der Waals surface area contributed by atoms with E-state index in [0.717, 1.165) is 5.56 Å².